The van der Waals surface area contributed by atoms with E-state index < -0.39 is 5.97 Å². The number of aryl methyl sites for hydroxylation is 1. The first-order valence-electron chi connectivity index (χ1n) is 11.5. The van der Waals surface area contributed by atoms with Crippen LogP contribution in [0.4, 0.5) is 5.69 Å². The number of amides is 2. The van der Waals surface area contributed by atoms with Crippen LogP contribution in [-0.2, 0) is 19.1 Å². The minimum absolute atomic E-state index is 0.0538. The molecule has 0 spiro atoms. The molecule has 7 heteroatoms. The fourth-order valence-corrected chi connectivity index (χ4v) is 3.29. The van der Waals surface area contributed by atoms with Crippen LogP contribution in [0.1, 0.15) is 43.4 Å². The van der Waals surface area contributed by atoms with Gasteiger partial charge in [0.25, 0.3) is 5.91 Å². The maximum absolute atomic E-state index is 12.2. The van der Waals surface area contributed by atoms with Crippen molar-refractivity contribution < 1.29 is 23.9 Å². The Morgan fingerprint density at radius 1 is 0.800 bits per heavy atom. The van der Waals surface area contributed by atoms with Gasteiger partial charge in [0.1, 0.15) is 11.5 Å². The zero-order chi connectivity index (χ0) is 25.0. The average Bonchev–Trinajstić information content (AvgIpc) is 2.86. The van der Waals surface area contributed by atoms with Crippen molar-refractivity contribution in [3.8, 4) is 11.5 Å². The quantitative estimate of drug-likeness (QED) is 0.367. The van der Waals surface area contributed by atoms with E-state index in [2.05, 4.69) is 10.6 Å². The minimum atomic E-state index is -0.516. The van der Waals surface area contributed by atoms with E-state index in [0.29, 0.717) is 17.9 Å². The standard InChI is InChI=1S/C28H30N2O5/c1-20-11-15-24(16-12-20)35-25-17-13-23(14-18-25)30-26(31)9-6-10-28(33)34-19-27(32)29-21(2)22-7-4-3-5-8-22/h3-5,7-8,11-18,21H,6,9-10,19H2,1-2H3,(H,29,32)(H,30,31)/t21-/m1/s1. The maximum atomic E-state index is 12.2. The molecule has 7 nitrogen and oxygen atoms in total. The van der Waals surface area contributed by atoms with Crippen LogP contribution in [-0.4, -0.2) is 24.4 Å². The molecule has 0 fully saturated rings. The number of anilines is 1. The zero-order valence-corrected chi connectivity index (χ0v) is 20.0. The Morgan fingerprint density at radius 2 is 1.43 bits per heavy atom. The number of ether oxygens (including phenoxy) is 2. The van der Waals surface area contributed by atoms with Gasteiger partial charge in [0, 0.05) is 18.5 Å². The van der Waals surface area contributed by atoms with E-state index in [0.717, 1.165) is 16.9 Å². The van der Waals surface area contributed by atoms with Gasteiger partial charge in [-0.3, -0.25) is 14.4 Å². The summed E-state index contributed by atoms with van der Waals surface area (Å²) in [7, 11) is 0. The Hall–Kier alpha value is -4.13. The smallest absolute Gasteiger partial charge is 0.306 e. The summed E-state index contributed by atoms with van der Waals surface area (Å²) < 4.78 is 10.8. The normalized spacial score (nSPS) is 11.3. The first-order valence-corrected chi connectivity index (χ1v) is 11.5. The van der Waals surface area contributed by atoms with Gasteiger partial charge in [-0.2, -0.15) is 0 Å². The largest absolute Gasteiger partial charge is 0.457 e. The van der Waals surface area contributed by atoms with E-state index in [4.69, 9.17) is 9.47 Å². The molecule has 0 radical (unpaired) electrons. The minimum Gasteiger partial charge on any atom is -0.457 e. The summed E-state index contributed by atoms with van der Waals surface area (Å²) in [5.74, 6) is 0.304. The second kappa shape index (κ2) is 12.9. The van der Waals surface area contributed by atoms with E-state index in [1.807, 2.05) is 68.4 Å². The van der Waals surface area contributed by atoms with Crippen molar-refractivity contribution in [2.24, 2.45) is 0 Å². The third-order valence-electron chi connectivity index (χ3n) is 5.22. The molecule has 3 aromatic carbocycles. The molecule has 35 heavy (non-hydrogen) atoms. The highest BCUT2D eigenvalue weighted by molar-refractivity contribution is 5.91. The van der Waals surface area contributed by atoms with Gasteiger partial charge in [0.15, 0.2) is 6.61 Å². The van der Waals surface area contributed by atoms with Crippen LogP contribution in [0.25, 0.3) is 0 Å². The Bertz CT molecular complexity index is 1110. The topological polar surface area (TPSA) is 93.7 Å². The number of nitrogens with one attached hydrogen (secondary N) is 2. The number of carbonyl (C=O) groups is 3. The Morgan fingerprint density at radius 3 is 2.09 bits per heavy atom. The van der Waals surface area contributed by atoms with Gasteiger partial charge < -0.3 is 20.1 Å². The molecule has 0 aliphatic heterocycles. The summed E-state index contributed by atoms with van der Waals surface area (Å²) in [5, 5.41) is 5.57. The summed E-state index contributed by atoms with van der Waals surface area (Å²) in [6.45, 7) is 3.52. The van der Waals surface area contributed by atoms with Crippen molar-refractivity contribution in [3.63, 3.8) is 0 Å². The van der Waals surface area contributed by atoms with Crippen LogP contribution in [0.3, 0.4) is 0 Å². The van der Waals surface area contributed by atoms with Crippen LogP contribution < -0.4 is 15.4 Å². The molecule has 0 saturated carbocycles. The number of rotatable bonds is 11. The first-order chi connectivity index (χ1) is 16.9. The third-order valence-corrected chi connectivity index (χ3v) is 5.22. The van der Waals surface area contributed by atoms with Crippen LogP contribution in [0, 0.1) is 6.92 Å². The van der Waals surface area contributed by atoms with Crippen LogP contribution >= 0.6 is 0 Å². The Balaban J connectivity index is 1.31. The van der Waals surface area contributed by atoms with Crippen LogP contribution in [0.15, 0.2) is 78.9 Å². The molecule has 0 bridgehead atoms. The van der Waals surface area contributed by atoms with E-state index in [1.165, 1.54) is 0 Å². The summed E-state index contributed by atoms with van der Waals surface area (Å²) in [6.07, 6.45) is 0.535. The van der Waals surface area contributed by atoms with Gasteiger partial charge in [0.05, 0.1) is 6.04 Å². The molecule has 0 aliphatic rings. The predicted octanol–water partition coefficient (Wildman–Crippen LogP) is 5.32. The molecule has 0 aromatic heterocycles. The van der Waals surface area contributed by atoms with E-state index in [-0.39, 0.29) is 37.3 Å². The van der Waals surface area contributed by atoms with Gasteiger partial charge in [-0.05, 0) is 62.2 Å². The van der Waals surface area contributed by atoms with E-state index >= 15 is 0 Å². The van der Waals surface area contributed by atoms with Gasteiger partial charge in [-0.1, -0.05) is 48.0 Å². The lowest BCUT2D eigenvalue weighted by atomic mass is 10.1. The molecule has 0 aliphatic carbocycles. The maximum Gasteiger partial charge on any atom is 0.306 e. The van der Waals surface area contributed by atoms with Gasteiger partial charge >= 0.3 is 5.97 Å². The summed E-state index contributed by atoms with van der Waals surface area (Å²) >= 11 is 0. The summed E-state index contributed by atoms with van der Waals surface area (Å²) in [5.41, 5.74) is 2.76. The van der Waals surface area contributed by atoms with Crippen LogP contribution in [0.2, 0.25) is 0 Å². The van der Waals surface area contributed by atoms with Crippen molar-refractivity contribution in [1.29, 1.82) is 0 Å². The number of hydrogen-bond donors (Lipinski definition) is 2. The molecule has 2 N–H and O–H groups in total. The van der Waals surface area contributed by atoms with Gasteiger partial charge in [-0.15, -0.1) is 0 Å². The molecule has 1 atom stereocenters. The van der Waals surface area contributed by atoms with Crippen LogP contribution in [0.5, 0.6) is 11.5 Å². The van der Waals surface area contributed by atoms with Crippen molar-refractivity contribution in [2.45, 2.75) is 39.2 Å². The summed E-state index contributed by atoms with van der Waals surface area (Å²) in [6, 6.07) is 24.1. The van der Waals surface area contributed by atoms with Gasteiger partial charge in [0.2, 0.25) is 5.91 Å². The van der Waals surface area contributed by atoms with Crippen molar-refractivity contribution in [3.05, 3.63) is 90.0 Å². The molecular formula is C28H30N2O5. The number of hydrogen-bond acceptors (Lipinski definition) is 5. The first kappa shape index (κ1) is 25.5. The van der Waals surface area contributed by atoms with Gasteiger partial charge in [-0.25, -0.2) is 0 Å². The molecule has 3 rings (SSSR count). The number of benzene rings is 3. The fourth-order valence-electron chi connectivity index (χ4n) is 3.29. The lowest BCUT2D eigenvalue weighted by Gasteiger charge is -2.14. The average molecular weight is 475 g/mol. The number of carbonyl (C=O) groups excluding carboxylic acids is 3. The number of esters is 1. The van der Waals surface area contributed by atoms with Crippen molar-refractivity contribution >= 4 is 23.5 Å². The molecule has 2 amide bonds. The monoisotopic (exact) mass is 474 g/mol. The van der Waals surface area contributed by atoms with E-state index in [1.54, 1.807) is 24.3 Å². The van der Waals surface area contributed by atoms with Crippen molar-refractivity contribution in [1.82, 2.24) is 5.32 Å². The second-order valence-electron chi connectivity index (χ2n) is 8.20. The molecule has 0 saturated heterocycles. The predicted molar refractivity (Wildman–Crippen MR) is 134 cm³/mol. The zero-order valence-electron chi connectivity index (χ0n) is 20.0. The summed E-state index contributed by atoms with van der Waals surface area (Å²) in [4.78, 5) is 36.1. The molecule has 182 valence electrons. The van der Waals surface area contributed by atoms with Crippen molar-refractivity contribution in [2.75, 3.05) is 11.9 Å². The molecule has 0 unspecified atom stereocenters. The van der Waals surface area contributed by atoms with E-state index in [9.17, 15) is 14.4 Å². The molecular weight excluding hydrogens is 444 g/mol. The fraction of sp³-hybridized carbons (Fsp3) is 0.250. The Kier molecular flexibility index (Phi) is 9.42. The second-order valence-corrected chi connectivity index (χ2v) is 8.20. The highest BCUT2D eigenvalue weighted by Crippen LogP contribution is 2.23. The molecule has 3 aromatic rings. The lowest BCUT2D eigenvalue weighted by Crippen LogP contribution is -2.31. The Labute approximate surface area is 205 Å². The third kappa shape index (κ3) is 8.97. The highest BCUT2D eigenvalue weighted by atomic mass is 16.5. The molecule has 0 heterocycles. The SMILES string of the molecule is Cc1ccc(Oc2ccc(NC(=O)CCCC(=O)OCC(=O)N[C@H](C)c3ccccc3)cc2)cc1. The lowest BCUT2D eigenvalue weighted by molar-refractivity contribution is -0.148. The highest BCUT2D eigenvalue weighted by Gasteiger charge is 2.12.